The van der Waals surface area contributed by atoms with Crippen LogP contribution in [-0.4, -0.2) is 34.6 Å². The first-order valence-electron chi connectivity index (χ1n) is 13.1. The van der Waals surface area contributed by atoms with Crippen molar-refractivity contribution >= 4 is 35.2 Å². The van der Waals surface area contributed by atoms with E-state index < -0.39 is 6.04 Å². The predicted molar refractivity (Wildman–Crippen MR) is 153 cm³/mol. The van der Waals surface area contributed by atoms with E-state index in [0.717, 1.165) is 41.7 Å². The minimum Gasteiger partial charge on any atom is -0.352 e. The van der Waals surface area contributed by atoms with Crippen molar-refractivity contribution in [2.75, 3.05) is 5.75 Å². The molecule has 0 aromatic heterocycles. The lowest BCUT2D eigenvalue weighted by Crippen LogP contribution is -2.52. The Hall–Kier alpha value is -2.76. The minimum atomic E-state index is -0.572. The van der Waals surface area contributed by atoms with Crippen LogP contribution in [0.25, 0.3) is 0 Å². The Morgan fingerprint density at radius 3 is 2.14 bits per heavy atom. The van der Waals surface area contributed by atoms with Crippen molar-refractivity contribution in [3.8, 4) is 0 Å². The van der Waals surface area contributed by atoms with Crippen LogP contribution >= 0.6 is 23.4 Å². The molecule has 1 saturated carbocycles. The number of rotatable bonds is 11. The van der Waals surface area contributed by atoms with Crippen LogP contribution in [0.5, 0.6) is 0 Å². The second-order valence-corrected chi connectivity index (χ2v) is 11.2. The first-order valence-corrected chi connectivity index (χ1v) is 14.5. The van der Waals surface area contributed by atoms with Crippen LogP contribution in [0.1, 0.15) is 49.7 Å². The lowest BCUT2D eigenvalue weighted by Gasteiger charge is -2.33. The van der Waals surface area contributed by atoms with Gasteiger partial charge in [0.15, 0.2) is 0 Å². The largest absolute Gasteiger partial charge is 0.352 e. The zero-order chi connectivity index (χ0) is 25.9. The molecule has 0 aliphatic heterocycles. The quantitative estimate of drug-likeness (QED) is 0.272. The number of nitrogens with zero attached hydrogens (tertiary/aromatic N) is 1. The van der Waals surface area contributed by atoms with Gasteiger partial charge in [0.05, 0.1) is 0 Å². The van der Waals surface area contributed by atoms with E-state index in [1.165, 1.54) is 6.42 Å². The maximum atomic E-state index is 13.8. The molecule has 0 bridgehead atoms. The summed E-state index contributed by atoms with van der Waals surface area (Å²) in [4.78, 5) is 30.4. The van der Waals surface area contributed by atoms with Crippen molar-refractivity contribution in [2.45, 2.75) is 68.5 Å². The van der Waals surface area contributed by atoms with Crippen LogP contribution < -0.4 is 5.32 Å². The van der Waals surface area contributed by atoms with Crippen LogP contribution in [0.4, 0.5) is 0 Å². The van der Waals surface area contributed by atoms with Gasteiger partial charge < -0.3 is 10.2 Å². The number of nitrogens with one attached hydrogen (secondary N) is 1. The molecule has 1 atom stereocenters. The van der Waals surface area contributed by atoms with Gasteiger partial charge in [0.2, 0.25) is 11.8 Å². The third-order valence-electron chi connectivity index (χ3n) is 6.82. The Bertz CT molecular complexity index is 1120. The van der Waals surface area contributed by atoms with Gasteiger partial charge in [0, 0.05) is 41.1 Å². The predicted octanol–water partition coefficient (Wildman–Crippen LogP) is 6.91. The van der Waals surface area contributed by atoms with Crippen LogP contribution in [0.2, 0.25) is 5.02 Å². The molecular weight excluding hydrogens is 500 g/mol. The summed E-state index contributed by atoms with van der Waals surface area (Å²) >= 11 is 7.63. The average Bonchev–Trinajstić information content (AvgIpc) is 2.93. The van der Waals surface area contributed by atoms with Crippen molar-refractivity contribution in [1.82, 2.24) is 10.2 Å². The molecule has 1 aliphatic carbocycles. The first-order chi connectivity index (χ1) is 18.1. The summed E-state index contributed by atoms with van der Waals surface area (Å²) in [5, 5.41) is 3.99. The zero-order valence-electron chi connectivity index (χ0n) is 21.2. The molecular formula is C31H35ClN2O2S. The average molecular weight is 535 g/mol. The summed E-state index contributed by atoms with van der Waals surface area (Å²) in [6.45, 7) is 0.404. The Kier molecular flexibility index (Phi) is 10.5. The molecule has 0 radical (unpaired) electrons. The van der Waals surface area contributed by atoms with E-state index in [1.807, 2.05) is 84.9 Å². The van der Waals surface area contributed by atoms with E-state index in [0.29, 0.717) is 30.2 Å². The molecule has 6 heteroatoms. The molecule has 194 valence electrons. The van der Waals surface area contributed by atoms with Crippen molar-refractivity contribution < 1.29 is 9.59 Å². The molecule has 0 heterocycles. The number of hydrogen-bond donors (Lipinski definition) is 1. The highest BCUT2D eigenvalue weighted by Gasteiger charge is 2.31. The van der Waals surface area contributed by atoms with E-state index in [4.69, 9.17) is 11.6 Å². The molecule has 0 spiro atoms. The van der Waals surface area contributed by atoms with E-state index in [9.17, 15) is 9.59 Å². The molecule has 3 aromatic carbocycles. The first kappa shape index (κ1) is 27.3. The molecule has 1 fully saturated rings. The molecule has 0 unspecified atom stereocenters. The minimum absolute atomic E-state index is 0.00922. The second kappa shape index (κ2) is 14.3. The molecule has 4 nitrogen and oxygen atoms in total. The summed E-state index contributed by atoms with van der Waals surface area (Å²) in [5.41, 5.74) is 2.07. The fourth-order valence-corrected chi connectivity index (χ4v) is 5.78. The van der Waals surface area contributed by atoms with Gasteiger partial charge >= 0.3 is 0 Å². The molecule has 1 N–H and O–H groups in total. The number of thioether (sulfide) groups is 1. The van der Waals surface area contributed by atoms with Gasteiger partial charge in [-0.05, 0) is 48.2 Å². The summed E-state index contributed by atoms with van der Waals surface area (Å²) in [6, 6.07) is 27.2. The number of hydrogen-bond acceptors (Lipinski definition) is 3. The number of halogens is 1. The lowest BCUT2D eigenvalue weighted by atomic mass is 9.94. The standard InChI is InChI=1S/C31H35ClN2O2S/c32-26-16-18-28(19-17-26)37-21-20-30(35)34(23-25-12-6-2-7-13-25)29(22-24-10-4-1-5-11-24)31(36)33-27-14-8-3-9-15-27/h1-2,4-7,10-13,16-19,27,29H,3,8-9,14-15,20-23H2,(H,33,36)/t29-/m1/s1. The highest BCUT2D eigenvalue weighted by Crippen LogP contribution is 2.23. The van der Waals surface area contributed by atoms with Gasteiger partial charge in [-0.3, -0.25) is 9.59 Å². The topological polar surface area (TPSA) is 49.4 Å². The van der Waals surface area contributed by atoms with Crippen molar-refractivity contribution in [1.29, 1.82) is 0 Å². The maximum Gasteiger partial charge on any atom is 0.243 e. The van der Waals surface area contributed by atoms with Crippen LogP contribution in [0, 0.1) is 0 Å². The molecule has 2 amide bonds. The van der Waals surface area contributed by atoms with E-state index in [2.05, 4.69) is 5.32 Å². The third-order valence-corrected chi connectivity index (χ3v) is 8.08. The fraction of sp³-hybridized carbons (Fsp3) is 0.355. The van der Waals surface area contributed by atoms with E-state index in [1.54, 1.807) is 16.7 Å². The normalized spacial score (nSPS) is 14.6. The molecule has 1 aliphatic rings. The summed E-state index contributed by atoms with van der Waals surface area (Å²) in [6.07, 6.45) is 6.36. The second-order valence-electron chi connectivity index (χ2n) is 9.61. The van der Waals surface area contributed by atoms with E-state index in [-0.39, 0.29) is 17.9 Å². The SMILES string of the molecule is O=C(NC1CCCCC1)[C@@H](Cc1ccccc1)N(Cc1ccccc1)C(=O)CCSc1ccc(Cl)cc1. The molecule has 0 saturated heterocycles. The molecule has 4 rings (SSSR count). The molecule has 3 aromatic rings. The Balaban J connectivity index is 1.54. The highest BCUT2D eigenvalue weighted by atomic mass is 35.5. The Morgan fingerprint density at radius 1 is 0.865 bits per heavy atom. The number of carbonyl (C=O) groups excluding carboxylic acids is 2. The third kappa shape index (κ3) is 8.65. The van der Waals surface area contributed by atoms with Crippen LogP contribution in [0.3, 0.4) is 0 Å². The monoisotopic (exact) mass is 534 g/mol. The lowest BCUT2D eigenvalue weighted by molar-refractivity contribution is -0.141. The van der Waals surface area contributed by atoms with Gasteiger partial charge in [-0.1, -0.05) is 91.5 Å². The Labute approximate surface area is 229 Å². The van der Waals surface area contributed by atoms with Gasteiger partial charge in [0.1, 0.15) is 6.04 Å². The zero-order valence-corrected chi connectivity index (χ0v) is 22.7. The highest BCUT2D eigenvalue weighted by molar-refractivity contribution is 7.99. The van der Waals surface area contributed by atoms with Gasteiger partial charge in [0.25, 0.3) is 0 Å². The van der Waals surface area contributed by atoms with Gasteiger partial charge in [-0.15, -0.1) is 11.8 Å². The van der Waals surface area contributed by atoms with Crippen LogP contribution in [0.15, 0.2) is 89.8 Å². The smallest absolute Gasteiger partial charge is 0.243 e. The number of amides is 2. The number of carbonyl (C=O) groups is 2. The van der Waals surface area contributed by atoms with E-state index >= 15 is 0 Å². The summed E-state index contributed by atoms with van der Waals surface area (Å²) < 4.78 is 0. The maximum absolute atomic E-state index is 13.8. The fourth-order valence-electron chi connectivity index (χ4n) is 4.81. The van der Waals surface area contributed by atoms with Gasteiger partial charge in [-0.25, -0.2) is 0 Å². The van der Waals surface area contributed by atoms with Crippen molar-refractivity contribution in [3.05, 3.63) is 101 Å². The van der Waals surface area contributed by atoms with Crippen molar-refractivity contribution in [2.24, 2.45) is 0 Å². The van der Waals surface area contributed by atoms with Crippen molar-refractivity contribution in [3.63, 3.8) is 0 Å². The molecule has 37 heavy (non-hydrogen) atoms. The summed E-state index contributed by atoms with van der Waals surface area (Å²) in [7, 11) is 0. The number of benzene rings is 3. The van der Waals surface area contributed by atoms with Gasteiger partial charge in [-0.2, -0.15) is 0 Å². The Morgan fingerprint density at radius 2 is 1.49 bits per heavy atom. The van der Waals surface area contributed by atoms with Crippen LogP contribution in [-0.2, 0) is 22.6 Å². The summed E-state index contributed by atoms with van der Waals surface area (Å²) in [5.74, 6) is 0.573.